The molecule has 0 bridgehead atoms. The first kappa shape index (κ1) is 24.4. The first-order valence-corrected chi connectivity index (χ1v) is 11.7. The average Bonchev–Trinajstić information content (AvgIpc) is 2.88. The van der Waals surface area contributed by atoms with Crippen molar-refractivity contribution in [2.75, 3.05) is 7.11 Å². The molecule has 1 N–H and O–H groups in total. The fraction of sp³-hybridized carbons (Fsp3) is 0.385. The molecule has 9 heteroatoms. The van der Waals surface area contributed by atoms with E-state index in [-0.39, 0.29) is 42.1 Å². The second-order valence-electron chi connectivity index (χ2n) is 8.43. The summed E-state index contributed by atoms with van der Waals surface area (Å²) in [6.45, 7) is 0.124. The lowest BCUT2D eigenvalue weighted by Gasteiger charge is -2.23. The zero-order chi connectivity index (χ0) is 24.6. The SMILES string of the molecule is COc1cc(-c2ncc(COc3cccc(CCC(=O)O)c3)nc2OC2CCCCC2)c(F)cn1. The van der Waals surface area contributed by atoms with Crippen molar-refractivity contribution in [2.45, 2.75) is 57.7 Å². The van der Waals surface area contributed by atoms with Crippen LogP contribution in [-0.4, -0.2) is 39.2 Å². The number of hydrogen-bond donors (Lipinski definition) is 1. The Labute approximate surface area is 203 Å². The Morgan fingerprint density at radius 2 is 1.97 bits per heavy atom. The van der Waals surface area contributed by atoms with Gasteiger partial charge in [0.15, 0.2) is 5.82 Å². The first-order valence-electron chi connectivity index (χ1n) is 11.7. The number of hydrogen-bond acceptors (Lipinski definition) is 7. The van der Waals surface area contributed by atoms with Gasteiger partial charge in [-0.3, -0.25) is 4.79 Å². The van der Waals surface area contributed by atoms with Crippen LogP contribution in [0.15, 0.2) is 42.7 Å². The Hall–Kier alpha value is -3.75. The lowest BCUT2D eigenvalue weighted by atomic mass is 9.98. The maximum Gasteiger partial charge on any atom is 0.303 e. The van der Waals surface area contributed by atoms with Crippen molar-refractivity contribution >= 4 is 5.97 Å². The maximum atomic E-state index is 14.7. The Balaban J connectivity index is 1.56. The summed E-state index contributed by atoms with van der Waals surface area (Å²) in [6, 6.07) is 8.76. The van der Waals surface area contributed by atoms with Gasteiger partial charge in [0.25, 0.3) is 0 Å². The van der Waals surface area contributed by atoms with E-state index in [1.807, 2.05) is 18.2 Å². The van der Waals surface area contributed by atoms with Gasteiger partial charge in [0.05, 0.1) is 19.5 Å². The predicted molar refractivity (Wildman–Crippen MR) is 126 cm³/mol. The molecule has 4 rings (SSSR count). The maximum absolute atomic E-state index is 14.7. The number of rotatable bonds is 10. The molecular weight excluding hydrogens is 453 g/mol. The van der Waals surface area contributed by atoms with Gasteiger partial charge in [0.2, 0.25) is 11.8 Å². The standard InChI is InChI=1S/C26H28FN3O5/c1-33-23-13-21(22(27)15-28-23)25-26(35-19-7-3-2-4-8-19)30-18(14-29-25)16-34-20-9-5-6-17(12-20)10-11-24(31)32/h5-6,9,12-15,19H,2-4,7-8,10-11,16H2,1H3,(H,31,32). The summed E-state index contributed by atoms with van der Waals surface area (Å²) in [5, 5.41) is 8.90. The minimum atomic E-state index is -0.847. The van der Waals surface area contributed by atoms with Crippen molar-refractivity contribution in [1.29, 1.82) is 0 Å². The van der Waals surface area contributed by atoms with E-state index in [0.717, 1.165) is 37.4 Å². The molecule has 0 saturated heterocycles. The first-order chi connectivity index (χ1) is 17.0. The molecule has 0 unspecified atom stereocenters. The zero-order valence-electron chi connectivity index (χ0n) is 19.6. The number of aliphatic carboxylic acids is 1. The zero-order valence-corrected chi connectivity index (χ0v) is 19.6. The molecule has 0 aliphatic heterocycles. The molecule has 1 aromatic carbocycles. The summed E-state index contributed by atoms with van der Waals surface area (Å²) < 4.78 is 31.9. The normalized spacial score (nSPS) is 13.9. The van der Waals surface area contributed by atoms with Crippen LogP contribution < -0.4 is 14.2 Å². The van der Waals surface area contributed by atoms with Crippen molar-refractivity contribution in [1.82, 2.24) is 15.0 Å². The lowest BCUT2D eigenvalue weighted by molar-refractivity contribution is -0.136. The number of methoxy groups -OCH3 is 1. The van der Waals surface area contributed by atoms with Crippen molar-refractivity contribution < 1.29 is 28.5 Å². The van der Waals surface area contributed by atoms with Crippen LogP contribution >= 0.6 is 0 Å². The molecule has 0 atom stereocenters. The minimum absolute atomic E-state index is 0.00863. The highest BCUT2D eigenvalue weighted by Gasteiger charge is 2.22. The van der Waals surface area contributed by atoms with Gasteiger partial charge in [-0.05, 0) is 49.8 Å². The molecule has 1 saturated carbocycles. The largest absolute Gasteiger partial charge is 0.487 e. The van der Waals surface area contributed by atoms with Crippen molar-refractivity contribution in [3.05, 3.63) is 59.8 Å². The molecular formula is C26H28FN3O5. The van der Waals surface area contributed by atoms with Gasteiger partial charge in [-0.25, -0.2) is 19.3 Å². The Bertz CT molecular complexity index is 1170. The molecule has 1 aliphatic rings. The Morgan fingerprint density at radius 3 is 2.74 bits per heavy atom. The summed E-state index contributed by atoms with van der Waals surface area (Å²) in [5.41, 5.74) is 1.88. The van der Waals surface area contributed by atoms with Gasteiger partial charge in [-0.1, -0.05) is 18.6 Å². The second kappa shape index (κ2) is 11.6. The average molecular weight is 482 g/mol. The number of carbonyl (C=O) groups is 1. The Kier molecular flexibility index (Phi) is 8.07. The van der Waals surface area contributed by atoms with E-state index < -0.39 is 11.8 Å². The molecule has 0 radical (unpaired) electrons. The quantitative estimate of drug-likeness (QED) is 0.432. The van der Waals surface area contributed by atoms with Crippen LogP contribution in [0.3, 0.4) is 0 Å². The van der Waals surface area contributed by atoms with Crippen LogP contribution in [0.4, 0.5) is 4.39 Å². The molecule has 35 heavy (non-hydrogen) atoms. The van der Waals surface area contributed by atoms with Crippen LogP contribution in [-0.2, 0) is 17.8 Å². The molecule has 1 aliphatic carbocycles. The number of aromatic nitrogens is 3. The molecule has 2 aromatic heterocycles. The molecule has 184 valence electrons. The molecule has 8 nitrogen and oxygen atoms in total. The third-order valence-corrected chi connectivity index (χ3v) is 5.83. The predicted octanol–water partition coefficient (Wildman–Crippen LogP) is 4.99. The van der Waals surface area contributed by atoms with Gasteiger partial charge in [-0.2, -0.15) is 0 Å². The van der Waals surface area contributed by atoms with Crippen molar-refractivity contribution in [2.24, 2.45) is 0 Å². The van der Waals surface area contributed by atoms with Crippen LogP contribution in [0.1, 0.15) is 49.8 Å². The van der Waals surface area contributed by atoms with Crippen LogP contribution in [0.25, 0.3) is 11.3 Å². The number of aryl methyl sites for hydroxylation is 1. The van der Waals surface area contributed by atoms with E-state index in [0.29, 0.717) is 17.9 Å². The molecule has 0 spiro atoms. The van der Waals surface area contributed by atoms with Crippen LogP contribution in [0, 0.1) is 5.82 Å². The van der Waals surface area contributed by atoms with Crippen LogP contribution in [0.2, 0.25) is 0 Å². The molecule has 1 fully saturated rings. The summed E-state index contributed by atoms with van der Waals surface area (Å²) in [7, 11) is 1.46. The van der Waals surface area contributed by atoms with Gasteiger partial charge >= 0.3 is 5.97 Å². The summed E-state index contributed by atoms with van der Waals surface area (Å²) in [4.78, 5) is 23.8. The highest BCUT2D eigenvalue weighted by atomic mass is 19.1. The number of halogens is 1. The lowest BCUT2D eigenvalue weighted by Crippen LogP contribution is -2.21. The van der Waals surface area contributed by atoms with E-state index >= 15 is 0 Å². The second-order valence-corrected chi connectivity index (χ2v) is 8.43. The topological polar surface area (TPSA) is 104 Å². The van der Waals surface area contributed by atoms with Gasteiger partial charge in [-0.15, -0.1) is 0 Å². The smallest absolute Gasteiger partial charge is 0.303 e. The molecule has 3 aromatic rings. The highest BCUT2D eigenvalue weighted by Crippen LogP contribution is 2.33. The number of nitrogens with zero attached hydrogens (tertiary/aromatic N) is 3. The summed E-state index contributed by atoms with van der Waals surface area (Å²) in [6.07, 6.45) is 8.23. The summed E-state index contributed by atoms with van der Waals surface area (Å²) >= 11 is 0. The number of pyridine rings is 1. The van der Waals surface area contributed by atoms with Gasteiger partial charge < -0.3 is 19.3 Å². The Morgan fingerprint density at radius 1 is 1.14 bits per heavy atom. The third kappa shape index (κ3) is 6.65. The molecule has 0 amide bonds. The molecule has 2 heterocycles. The van der Waals surface area contributed by atoms with Gasteiger partial charge in [0.1, 0.15) is 29.8 Å². The van der Waals surface area contributed by atoms with E-state index in [4.69, 9.17) is 19.3 Å². The fourth-order valence-corrected chi connectivity index (χ4v) is 4.00. The van der Waals surface area contributed by atoms with E-state index in [1.165, 1.54) is 25.8 Å². The van der Waals surface area contributed by atoms with Crippen LogP contribution in [0.5, 0.6) is 17.5 Å². The van der Waals surface area contributed by atoms with Crippen molar-refractivity contribution in [3.63, 3.8) is 0 Å². The van der Waals surface area contributed by atoms with Crippen molar-refractivity contribution in [3.8, 4) is 28.8 Å². The third-order valence-electron chi connectivity index (χ3n) is 5.83. The number of carboxylic acid groups (broad SMARTS) is 1. The number of carboxylic acids is 1. The summed E-state index contributed by atoms with van der Waals surface area (Å²) in [5.74, 6) is -0.281. The van der Waals surface area contributed by atoms with E-state index in [9.17, 15) is 9.18 Å². The highest BCUT2D eigenvalue weighted by molar-refractivity contribution is 5.67. The van der Waals surface area contributed by atoms with Gasteiger partial charge in [0, 0.05) is 18.1 Å². The van der Waals surface area contributed by atoms with E-state index in [2.05, 4.69) is 15.0 Å². The number of ether oxygens (including phenoxy) is 3. The monoisotopic (exact) mass is 481 g/mol. The number of benzene rings is 1. The minimum Gasteiger partial charge on any atom is -0.487 e. The fourth-order valence-electron chi connectivity index (χ4n) is 4.00. The van der Waals surface area contributed by atoms with E-state index in [1.54, 1.807) is 6.07 Å².